The van der Waals surface area contributed by atoms with E-state index in [4.69, 9.17) is 4.74 Å². The number of rotatable bonds is 5. The van der Waals surface area contributed by atoms with Crippen LogP contribution in [0.15, 0.2) is 11.6 Å². The van der Waals surface area contributed by atoms with E-state index in [0.717, 1.165) is 26.3 Å². The maximum atomic E-state index is 5.22. The maximum absolute atomic E-state index is 5.22. The van der Waals surface area contributed by atoms with Crippen LogP contribution in [0.25, 0.3) is 0 Å². The van der Waals surface area contributed by atoms with Gasteiger partial charge in [-0.15, -0.1) is 11.3 Å². The molecule has 0 aliphatic carbocycles. The highest BCUT2D eigenvalue weighted by molar-refractivity contribution is 7.09. The summed E-state index contributed by atoms with van der Waals surface area (Å²) < 4.78 is 5.22. The standard InChI is InChI=1S/C11H18N2OS/c1-9(10-13-3-4-15-10)5-12-6-11(2)7-14-8-11/h3-4,9,12H,5-8H2,1-2H3. The first-order chi connectivity index (χ1) is 7.20. The molecule has 3 nitrogen and oxygen atoms in total. The zero-order valence-corrected chi connectivity index (χ0v) is 10.1. The number of thiazole rings is 1. The van der Waals surface area contributed by atoms with Crippen molar-refractivity contribution >= 4 is 11.3 Å². The molecular formula is C11H18N2OS. The lowest BCUT2D eigenvalue weighted by molar-refractivity contribution is -0.0990. The van der Waals surface area contributed by atoms with Gasteiger partial charge in [0, 0.05) is 36.0 Å². The summed E-state index contributed by atoms with van der Waals surface area (Å²) in [5.74, 6) is 0.509. The first-order valence-electron chi connectivity index (χ1n) is 5.37. The third-order valence-corrected chi connectivity index (χ3v) is 3.78. The molecule has 1 atom stereocenters. The molecule has 1 saturated heterocycles. The van der Waals surface area contributed by atoms with E-state index in [9.17, 15) is 0 Å². The van der Waals surface area contributed by atoms with Gasteiger partial charge < -0.3 is 10.1 Å². The van der Waals surface area contributed by atoms with Crippen molar-refractivity contribution in [1.82, 2.24) is 10.3 Å². The number of nitrogens with zero attached hydrogens (tertiary/aromatic N) is 1. The molecule has 1 N–H and O–H groups in total. The number of ether oxygens (including phenoxy) is 1. The SMILES string of the molecule is CC(CNCC1(C)COC1)c1nccs1. The van der Waals surface area contributed by atoms with Crippen molar-refractivity contribution in [2.45, 2.75) is 19.8 Å². The quantitative estimate of drug-likeness (QED) is 0.832. The summed E-state index contributed by atoms with van der Waals surface area (Å²) in [6, 6.07) is 0. The molecule has 2 heterocycles. The second kappa shape index (κ2) is 4.60. The van der Waals surface area contributed by atoms with Crippen molar-refractivity contribution in [1.29, 1.82) is 0 Å². The molecule has 1 unspecified atom stereocenters. The van der Waals surface area contributed by atoms with Gasteiger partial charge in [-0.2, -0.15) is 0 Å². The molecule has 0 saturated carbocycles. The highest BCUT2D eigenvalue weighted by atomic mass is 32.1. The minimum atomic E-state index is 0.364. The van der Waals surface area contributed by atoms with Gasteiger partial charge in [-0.1, -0.05) is 13.8 Å². The third kappa shape index (κ3) is 2.77. The van der Waals surface area contributed by atoms with Crippen LogP contribution < -0.4 is 5.32 Å². The van der Waals surface area contributed by atoms with Gasteiger partial charge >= 0.3 is 0 Å². The Bertz CT molecular complexity index is 296. The fraction of sp³-hybridized carbons (Fsp3) is 0.727. The van der Waals surface area contributed by atoms with Crippen molar-refractivity contribution in [3.8, 4) is 0 Å². The second-order valence-corrected chi connectivity index (χ2v) is 5.63. The Morgan fingerprint density at radius 2 is 2.47 bits per heavy atom. The van der Waals surface area contributed by atoms with Crippen LogP contribution in [0.5, 0.6) is 0 Å². The Morgan fingerprint density at radius 1 is 1.67 bits per heavy atom. The third-order valence-electron chi connectivity index (χ3n) is 2.78. The monoisotopic (exact) mass is 226 g/mol. The molecule has 1 aliphatic rings. The van der Waals surface area contributed by atoms with E-state index in [1.807, 2.05) is 11.6 Å². The summed E-state index contributed by atoms with van der Waals surface area (Å²) >= 11 is 1.73. The first kappa shape index (κ1) is 11.0. The predicted molar refractivity (Wildman–Crippen MR) is 62.3 cm³/mol. The molecular weight excluding hydrogens is 208 g/mol. The lowest BCUT2D eigenvalue weighted by Gasteiger charge is -2.38. The summed E-state index contributed by atoms with van der Waals surface area (Å²) in [4.78, 5) is 4.32. The lowest BCUT2D eigenvalue weighted by Crippen LogP contribution is -2.47. The van der Waals surface area contributed by atoms with E-state index in [1.54, 1.807) is 11.3 Å². The van der Waals surface area contributed by atoms with Gasteiger partial charge in [0.15, 0.2) is 0 Å². The molecule has 1 aromatic heterocycles. The van der Waals surface area contributed by atoms with Gasteiger partial charge in [0.25, 0.3) is 0 Å². The van der Waals surface area contributed by atoms with E-state index >= 15 is 0 Å². The minimum Gasteiger partial charge on any atom is -0.380 e. The van der Waals surface area contributed by atoms with E-state index in [0.29, 0.717) is 11.3 Å². The van der Waals surface area contributed by atoms with Crippen molar-refractivity contribution in [2.24, 2.45) is 5.41 Å². The Morgan fingerprint density at radius 3 is 3.00 bits per heavy atom. The average molecular weight is 226 g/mol. The molecule has 0 radical (unpaired) electrons. The van der Waals surface area contributed by atoms with Crippen LogP contribution in [0.2, 0.25) is 0 Å². The summed E-state index contributed by atoms with van der Waals surface area (Å²) in [6.45, 7) is 8.31. The molecule has 0 spiro atoms. The largest absolute Gasteiger partial charge is 0.380 e. The average Bonchev–Trinajstić information content (AvgIpc) is 2.67. The van der Waals surface area contributed by atoms with Crippen molar-refractivity contribution in [3.05, 3.63) is 16.6 Å². The first-order valence-corrected chi connectivity index (χ1v) is 6.25. The Labute approximate surface area is 94.9 Å². The zero-order valence-electron chi connectivity index (χ0n) is 9.32. The second-order valence-electron chi connectivity index (χ2n) is 4.71. The van der Waals surface area contributed by atoms with Crippen LogP contribution in [0.3, 0.4) is 0 Å². The highest BCUT2D eigenvalue weighted by Crippen LogP contribution is 2.25. The molecule has 1 aliphatic heterocycles. The van der Waals surface area contributed by atoms with Crippen molar-refractivity contribution < 1.29 is 4.74 Å². The fourth-order valence-electron chi connectivity index (χ4n) is 1.71. The van der Waals surface area contributed by atoms with E-state index in [1.165, 1.54) is 5.01 Å². The number of hydrogen-bond donors (Lipinski definition) is 1. The Hall–Kier alpha value is -0.450. The van der Waals surface area contributed by atoms with E-state index < -0.39 is 0 Å². The van der Waals surface area contributed by atoms with Gasteiger partial charge in [0.2, 0.25) is 0 Å². The van der Waals surface area contributed by atoms with Crippen LogP contribution in [-0.4, -0.2) is 31.3 Å². The smallest absolute Gasteiger partial charge is 0.0965 e. The number of aromatic nitrogens is 1. The highest BCUT2D eigenvalue weighted by Gasteiger charge is 2.32. The van der Waals surface area contributed by atoms with Crippen LogP contribution in [-0.2, 0) is 4.74 Å². The number of nitrogens with one attached hydrogen (secondary N) is 1. The van der Waals surface area contributed by atoms with Gasteiger partial charge in [0.1, 0.15) is 0 Å². The predicted octanol–water partition coefficient (Wildman–Crippen LogP) is 1.87. The number of hydrogen-bond acceptors (Lipinski definition) is 4. The summed E-state index contributed by atoms with van der Waals surface area (Å²) in [5.41, 5.74) is 0.364. The Balaban J connectivity index is 1.69. The molecule has 2 rings (SSSR count). The molecule has 15 heavy (non-hydrogen) atoms. The normalized spacial score (nSPS) is 20.9. The van der Waals surface area contributed by atoms with E-state index in [2.05, 4.69) is 24.1 Å². The summed E-state index contributed by atoms with van der Waals surface area (Å²) in [6.07, 6.45) is 1.87. The van der Waals surface area contributed by atoms with Crippen molar-refractivity contribution in [3.63, 3.8) is 0 Å². The zero-order chi connectivity index (χ0) is 10.7. The topological polar surface area (TPSA) is 34.1 Å². The molecule has 0 amide bonds. The van der Waals surface area contributed by atoms with Gasteiger partial charge in [0.05, 0.1) is 18.2 Å². The van der Waals surface area contributed by atoms with Crippen LogP contribution in [0.4, 0.5) is 0 Å². The molecule has 0 bridgehead atoms. The molecule has 1 aromatic rings. The van der Waals surface area contributed by atoms with Gasteiger partial charge in [-0.25, -0.2) is 4.98 Å². The molecule has 84 valence electrons. The Kier molecular flexibility index (Phi) is 3.38. The lowest BCUT2D eigenvalue weighted by atomic mass is 9.88. The van der Waals surface area contributed by atoms with Crippen LogP contribution >= 0.6 is 11.3 Å². The van der Waals surface area contributed by atoms with Crippen molar-refractivity contribution in [2.75, 3.05) is 26.3 Å². The molecule has 0 aromatic carbocycles. The fourth-order valence-corrected chi connectivity index (χ4v) is 2.41. The summed E-state index contributed by atoms with van der Waals surface area (Å²) in [7, 11) is 0. The maximum Gasteiger partial charge on any atom is 0.0965 e. The molecule has 1 fully saturated rings. The van der Waals surface area contributed by atoms with Crippen LogP contribution in [0, 0.1) is 5.41 Å². The summed E-state index contributed by atoms with van der Waals surface area (Å²) in [5, 5.41) is 6.76. The van der Waals surface area contributed by atoms with E-state index in [-0.39, 0.29) is 0 Å². The van der Waals surface area contributed by atoms with Gasteiger partial charge in [-0.3, -0.25) is 0 Å². The van der Waals surface area contributed by atoms with Crippen LogP contribution in [0.1, 0.15) is 24.8 Å². The minimum absolute atomic E-state index is 0.364. The van der Waals surface area contributed by atoms with Gasteiger partial charge in [-0.05, 0) is 0 Å². The molecule has 4 heteroatoms.